The van der Waals surface area contributed by atoms with Crippen LogP contribution in [0.15, 0.2) is 11.4 Å². The third-order valence-corrected chi connectivity index (χ3v) is 5.68. The van der Waals surface area contributed by atoms with Gasteiger partial charge in [0.15, 0.2) is 0 Å². The lowest BCUT2D eigenvalue weighted by Gasteiger charge is -2.50. The first-order valence-electron chi connectivity index (χ1n) is 8.42. The fraction of sp³-hybridized carbons (Fsp3) is 0.750. The molecular weight excluding hydrogens is 278 g/mol. The molecule has 1 fully saturated rings. The van der Waals surface area contributed by atoms with E-state index in [2.05, 4.69) is 38.8 Å². The number of nitrogens with one attached hydrogen (secondary N) is 1. The molecule has 2 N–H and O–H groups in total. The lowest BCUT2D eigenvalue weighted by molar-refractivity contribution is 0.00410. The van der Waals surface area contributed by atoms with Crippen LogP contribution in [0, 0.1) is 17.8 Å². The standard InChI is InChI=1S/C16H25N5O/c1-4-13-16-20(7-17-13)14-11(10(3)22)5-9(2)6-12(14)15-19-18-8-21(15)16/h7-12,14-15,19,22H,4-6H2,1-3H3. The van der Waals surface area contributed by atoms with E-state index in [1.54, 1.807) is 0 Å². The Labute approximate surface area is 131 Å². The van der Waals surface area contributed by atoms with Gasteiger partial charge in [0.2, 0.25) is 0 Å². The molecule has 0 amide bonds. The molecule has 3 heterocycles. The van der Waals surface area contributed by atoms with Gasteiger partial charge in [0.05, 0.1) is 18.1 Å². The number of hydrogen-bond acceptors (Lipinski definition) is 5. The van der Waals surface area contributed by atoms with Gasteiger partial charge >= 0.3 is 0 Å². The molecule has 3 aliphatic rings. The first kappa shape index (κ1) is 14.1. The van der Waals surface area contributed by atoms with E-state index in [4.69, 9.17) is 0 Å². The van der Waals surface area contributed by atoms with E-state index in [0.717, 1.165) is 30.8 Å². The molecule has 4 rings (SSSR count). The number of anilines is 1. The van der Waals surface area contributed by atoms with E-state index in [0.29, 0.717) is 17.9 Å². The van der Waals surface area contributed by atoms with Crippen LogP contribution in [0.1, 0.15) is 45.3 Å². The van der Waals surface area contributed by atoms with Crippen LogP contribution in [-0.2, 0) is 6.42 Å². The van der Waals surface area contributed by atoms with Gasteiger partial charge in [-0.05, 0) is 32.1 Å². The summed E-state index contributed by atoms with van der Waals surface area (Å²) in [4.78, 5) is 6.87. The number of fused-ring (bicyclic) bond motifs is 6. The number of aryl methyl sites for hydroxylation is 1. The predicted molar refractivity (Wildman–Crippen MR) is 85.6 cm³/mol. The summed E-state index contributed by atoms with van der Waals surface area (Å²) in [5, 5.41) is 14.7. The van der Waals surface area contributed by atoms with Gasteiger partial charge in [-0.25, -0.2) is 4.98 Å². The maximum atomic E-state index is 10.4. The Morgan fingerprint density at radius 3 is 3.00 bits per heavy atom. The molecule has 0 saturated heterocycles. The highest BCUT2D eigenvalue weighted by Crippen LogP contribution is 2.50. The van der Waals surface area contributed by atoms with E-state index in [1.807, 2.05) is 19.6 Å². The summed E-state index contributed by atoms with van der Waals surface area (Å²) in [6.45, 7) is 6.37. The van der Waals surface area contributed by atoms with Crippen LogP contribution < -0.4 is 10.3 Å². The first-order chi connectivity index (χ1) is 10.6. The van der Waals surface area contributed by atoms with Crippen molar-refractivity contribution in [1.29, 1.82) is 0 Å². The minimum atomic E-state index is -0.301. The van der Waals surface area contributed by atoms with E-state index < -0.39 is 0 Å². The van der Waals surface area contributed by atoms with Crippen molar-refractivity contribution in [2.24, 2.45) is 22.9 Å². The van der Waals surface area contributed by atoms with Gasteiger partial charge in [0, 0.05) is 17.9 Å². The second kappa shape index (κ2) is 4.98. The highest BCUT2D eigenvalue weighted by Gasteiger charge is 2.50. The Morgan fingerprint density at radius 2 is 2.27 bits per heavy atom. The van der Waals surface area contributed by atoms with E-state index in [9.17, 15) is 5.11 Å². The molecule has 22 heavy (non-hydrogen) atoms. The highest BCUT2D eigenvalue weighted by atomic mass is 16.3. The van der Waals surface area contributed by atoms with Crippen molar-refractivity contribution in [2.75, 3.05) is 4.90 Å². The zero-order chi connectivity index (χ0) is 15.4. The normalized spacial score (nSPS) is 37.3. The fourth-order valence-corrected chi connectivity index (χ4v) is 4.77. The zero-order valence-corrected chi connectivity index (χ0v) is 13.5. The number of rotatable bonds is 2. The van der Waals surface area contributed by atoms with Crippen LogP contribution in [0.25, 0.3) is 0 Å². The average Bonchev–Trinajstić information content (AvgIpc) is 3.12. The summed E-state index contributed by atoms with van der Waals surface area (Å²) in [5.74, 6) is 2.50. The van der Waals surface area contributed by atoms with Crippen molar-refractivity contribution >= 4 is 12.2 Å². The Kier molecular flexibility index (Phi) is 3.18. The summed E-state index contributed by atoms with van der Waals surface area (Å²) in [6.07, 6.45) is 6.90. The molecule has 6 nitrogen and oxygen atoms in total. The minimum Gasteiger partial charge on any atom is -0.393 e. The van der Waals surface area contributed by atoms with Crippen molar-refractivity contribution in [3.8, 4) is 0 Å². The Hall–Kier alpha value is -1.56. The van der Waals surface area contributed by atoms with Crippen molar-refractivity contribution in [3.05, 3.63) is 12.0 Å². The quantitative estimate of drug-likeness (QED) is 0.873. The summed E-state index contributed by atoms with van der Waals surface area (Å²) in [6, 6.07) is 0.300. The third kappa shape index (κ3) is 1.82. The third-order valence-electron chi connectivity index (χ3n) is 5.68. The van der Waals surface area contributed by atoms with Crippen molar-refractivity contribution in [1.82, 2.24) is 15.0 Å². The Bertz CT molecular complexity index is 595. The fourth-order valence-electron chi connectivity index (χ4n) is 4.77. The molecule has 1 aromatic rings. The van der Waals surface area contributed by atoms with Crippen molar-refractivity contribution < 1.29 is 5.11 Å². The number of aliphatic hydroxyl groups is 1. The Morgan fingerprint density at radius 1 is 1.45 bits per heavy atom. The number of hydrogen-bond donors (Lipinski definition) is 2. The molecule has 0 bridgehead atoms. The maximum absolute atomic E-state index is 10.4. The van der Waals surface area contributed by atoms with Crippen molar-refractivity contribution in [2.45, 2.75) is 58.3 Å². The maximum Gasteiger partial charge on any atom is 0.139 e. The van der Waals surface area contributed by atoms with E-state index >= 15 is 0 Å². The van der Waals surface area contributed by atoms with Gasteiger partial charge in [-0.2, -0.15) is 5.10 Å². The number of aromatic nitrogens is 2. The topological polar surface area (TPSA) is 65.7 Å². The van der Waals surface area contributed by atoms with Crippen molar-refractivity contribution in [3.63, 3.8) is 0 Å². The smallest absolute Gasteiger partial charge is 0.139 e. The molecule has 2 aliphatic heterocycles. The number of hydrazone groups is 1. The molecule has 120 valence electrons. The molecule has 1 saturated carbocycles. The summed E-state index contributed by atoms with van der Waals surface area (Å²) < 4.78 is 2.31. The van der Waals surface area contributed by atoms with Gasteiger partial charge < -0.3 is 9.67 Å². The van der Waals surface area contributed by atoms with Crippen LogP contribution >= 0.6 is 0 Å². The summed E-state index contributed by atoms with van der Waals surface area (Å²) >= 11 is 0. The predicted octanol–water partition coefficient (Wildman–Crippen LogP) is 1.72. The lowest BCUT2D eigenvalue weighted by Crippen LogP contribution is -2.56. The highest BCUT2D eigenvalue weighted by molar-refractivity contribution is 5.81. The van der Waals surface area contributed by atoms with Gasteiger partial charge in [0.1, 0.15) is 18.3 Å². The second-order valence-electron chi connectivity index (χ2n) is 7.14. The number of imidazole rings is 1. The molecule has 6 unspecified atom stereocenters. The SMILES string of the molecule is CCc1ncn2c1N1C=NNC1C1CC(C)CC(C(C)O)C12. The second-order valence-corrected chi connectivity index (χ2v) is 7.14. The molecule has 0 aromatic carbocycles. The van der Waals surface area contributed by atoms with Crippen LogP contribution in [0.4, 0.5) is 5.82 Å². The summed E-state index contributed by atoms with van der Waals surface area (Å²) in [5.41, 5.74) is 4.40. The van der Waals surface area contributed by atoms with Crippen LogP contribution in [0.2, 0.25) is 0 Å². The zero-order valence-electron chi connectivity index (χ0n) is 13.5. The largest absolute Gasteiger partial charge is 0.393 e. The van der Waals surface area contributed by atoms with E-state index in [1.165, 1.54) is 0 Å². The molecule has 6 heteroatoms. The molecule has 0 radical (unpaired) electrons. The van der Waals surface area contributed by atoms with Gasteiger partial charge in [0.25, 0.3) is 0 Å². The molecule has 6 atom stereocenters. The first-order valence-corrected chi connectivity index (χ1v) is 8.42. The number of nitrogens with zero attached hydrogens (tertiary/aromatic N) is 4. The van der Waals surface area contributed by atoms with Gasteiger partial charge in [-0.1, -0.05) is 13.8 Å². The van der Waals surface area contributed by atoms with Gasteiger partial charge in [-0.3, -0.25) is 10.3 Å². The van der Waals surface area contributed by atoms with Gasteiger partial charge in [-0.15, -0.1) is 0 Å². The molecule has 1 aliphatic carbocycles. The van der Waals surface area contributed by atoms with Crippen LogP contribution in [-0.4, -0.2) is 33.3 Å². The Balaban J connectivity index is 1.84. The molecule has 1 aromatic heterocycles. The molecule has 0 spiro atoms. The monoisotopic (exact) mass is 303 g/mol. The van der Waals surface area contributed by atoms with Crippen LogP contribution in [0.3, 0.4) is 0 Å². The number of aliphatic hydroxyl groups excluding tert-OH is 1. The summed E-state index contributed by atoms with van der Waals surface area (Å²) in [7, 11) is 0. The van der Waals surface area contributed by atoms with E-state index in [-0.39, 0.29) is 18.2 Å². The lowest BCUT2D eigenvalue weighted by atomic mass is 9.68. The average molecular weight is 303 g/mol. The van der Waals surface area contributed by atoms with Crippen LogP contribution in [0.5, 0.6) is 0 Å². The molecular formula is C16H25N5O. The minimum absolute atomic E-state index is 0.198.